The van der Waals surface area contributed by atoms with Crippen molar-refractivity contribution in [1.29, 1.82) is 0 Å². The molecule has 0 unspecified atom stereocenters. The van der Waals surface area contributed by atoms with Gasteiger partial charge in [0, 0.05) is 5.56 Å². The summed E-state index contributed by atoms with van der Waals surface area (Å²) < 4.78 is 0. The Balaban J connectivity index is 3.18. The van der Waals surface area contributed by atoms with Gasteiger partial charge in [-0.2, -0.15) is 0 Å². The molecule has 2 rings (SSSR count). The standard InChI is InChI=1S/C16H10O9/c17-12-7(6-4-2-1-3-5-6)8(13(18)19)9(14(20)21)10(15(22)23)11(12)16(24)25/h1-5,17H,(H,18,19)(H,20,21)(H,22,23)(H,24,25). The van der Waals surface area contributed by atoms with E-state index in [0.29, 0.717) is 0 Å². The Hall–Kier alpha value is -3.88. The molecule has 5 N–H and O–H groups in total. The molecule has 2 aromatic carbocycles. The first-order chi connectivity index (χ1) is 11.7. The maximum Gasteiger partial charge on any atom is 0.340 e. The van der Waals surface area contributed by atoms with E-state index in [1.165, 1.54) is 24.3 Å². The monoisotopic (exact) mass is 346 g/mol. The summed E-state index contributed by atoms with van der Waals surface area (Å²) in [6.45, 7) is 0. The van der Waals surface area contributed by atoms with E-state index in [2.05, 4.69) is 0 Å². The fraction of sp³-hybridized carbons (Fsp3) is 0. The molecule has 0 atom stereocenters. The molecule has 0 aromatic heterocycles. The van der Waals surface area contributed by atoms with Gasteiger partial charge in [0.1, 0.15) is 11.3 Å². The molecule has 0 aliphatic heterocycles. The summed E-state index contributed by atoms with van der Waals surface area (Å²) in [5.74, 6) is -8.82. The van der Waals surface area contributed by atoms with Gasteiger partial charge >= 0.3 is 23.9 Å². The van der Waals surface area contributed by atoms with Gasteiger partial charge in [0.25, 0.3) is 0 Å². The van der Waals surface area contributed by atoms with Gasteiger partial charge in [-0.05, 0) is 5.56 Å². The van der Waals surface area contributed by atoms with Crippen LogP contribution in [0.4, 0.5) is 0 Å². The van der Waals surface area contributed by atoms with Gasteiger partial charge < -0.3 is 25.5 Å². The van der Waals surface area contributed by atoms with Crippen molar-refractivity contribution in [1.82, 2.24) is 0 Å². The number of carboxylic acid groups (broad SMARTS) is 4. The van der Waals surface area contributed by atoms with Gasteiger partial charge in [-0.15, -0.1) is 0 Å². The number of hydrogen-bond donors (Lipinski definition) is 5. The Labute approximate surface area is 139 Å². The second-order valence-electron chi connectivity index (χ2n) is 4.81. The van der Waals surface area contributed by atoms with E-state index >= 15 is 0 Å². The van der Waals surface area contributed by atoms with E-state index in [-0.39, 0.29) is 5.56 Å². The summed E-state index contributed by atoms with van der Waals surface area (Å²) in [5.41, 5.74) is -5.33. The Bertz CT molecular complexity index is 913. The highest BCUT2D eigenvalue weighted by Crippen LogP contribution is 2.40. The Kier molecular flexibility index (Phi) is 4.42. The van der Waals surface area contributed by atoms with Crippen LogP contribution in [0.2, 0.25) is 0 Å². The second kappa shape index (κ2) is 6.32. The Morgan fingerprint density at radius 1 is 0.600 bits per heavy atom. The van der Waals surface area contributed by atoms with Gasteiger partial charge in [0.2, 0.25) is 0 Å². The van der Waals surface area contributed by atoms with E-state index < -0.39 is 57.4 Å². The molecule has 9 nitrogen and oxygen atoms in total. The average molecular weight is 346 g/mol. The first kappa shape index (κ1) is 17.5. The largest absolute Gasteiger partial charge is 0.506 e. The van der Waals surface area contributed by atoms with Crippen molar-refractivity contribution in [3.63, 3.8) is 0 Å². The minimum absolute atomic E-state index is 0.0133. The number of carboxylic acids is 4. The fourth-order valence-corrected chi connectivity index (χ4v) is 2.47. The summed E-state index contributed by atoms with van der Waals surface area (Å²) in [5, 5.41) is 47.4. The predicted octanol–water partition coefficient (Wildman–Crippen LogP) is 1.85. The van der Waals surface area contributed by atoms with Crippen molar-refractivity contribution in [3.05, 3.63) is 52.6 Å². The molecule has 0 bridgehead atoms. The van der Waals surface area contributed by atoms with Crippen molar-refractivity contribution in [3.8, 4) is 16.9 Å². The van der Waals surface area contributed by atoms with Gasteiger partial charge in [0.15, 0.2) is 0 Å². The summed E-state index contributed by atoms with van der Waals surface area (Å²) in [7, 11) is 0. The third kappa shape index (κ3) is 2.85. The van der Waals surface area contributed by atoms with Gasteiger partial charge in [0.05, 0.1) is 16.7 Å². The molecule has 0 amide bonds. The highest BCUT2D eigenvalue weighted by molar-refractivity contribution is 6.18. The third-order valence-electron chi connectivity index (χ3n) is 3.39. The molecule has 0 fully saturated rings. The summed E-state index contributed by atoms with van der Waals surface area (Å²) >= 11 is 0. The van der Waals surface area contributed by atoms with Crippen LogP contribution in [0.3, 0.4) is 0 Å². The van der Waals surface area contributed by atoms with E-state index in [1.54, 1.807) is 6.07 Å². The van der Waals surface area contributed by atoms with E-state index in [0.717, 1.165) is 0 Å². The van der Waals surface area contributed by atoms with Gasteiger partial charge in [-0.1, -0.05) is 30.3 Å². The average Bonchev–Trinajstić information content (AvgIpc) is 2.53. The molecule has 25 heavy (non-hydrogen) atoms. The minimum atomic E-state index is -1.99. The molecular weight excluding hydrogens is 336 g/mol. The number of phenols is 1. The molecule has 0 heterocycles. The third-order valence-corrected chi connectivity index (χ3v) is 3.39. The van der Waals surface area contributed by atoms with Crippen molar-refractivity contribution in [2.75, 3.05) is 0 Å². The lowest BCUT2D eigenvalue weighted by Gasteiger charge is -2.17. The van der Waals surface area contributed by atoms with E-state index in [4.69, 9.17) is 0 Å². The molecule has 2 aromatic rings. The summed E-state index contributed by atoms with van der Waals surface area (Å²) in [6, 6.07) is 7.10. The van der Waals surface area contributed by atoms with E-state index in [1.807, 2.05) is 0 Å². The van der Waals surface area contributed by atoms with Crippen molar-refractivity contribution >= 4 is 23.9 Å². The normalized spacial score (nSPS) is 10.2. The minimum Gasteiger partial charge on any atom is -0.506 e. The molecule has 128 valence electrons. The van der Waals surface area contributed by atoms with Crippen molar-refractivity contribution < 1.29 is 44.7 Å². The first-order valence-electron chi connectivity index (χ1n) is 6.60. The highest BCUT2D eigenvalue weighted by atomic mass is 16.4. The van der Waals surface area contributed by atoms with Gasteiger partial charge in [-0.25, -0.2) is 19.2 Å². The number of aromatic hydroxyl groups is 1. The van der Waals surface area contributed by atoms with Crippen LogP contribution in [-0.4, -0.2) is 49.4 Å². The van der Waals surface area contributed by atoms with Crippen LogP contribution in [0, 0.1) is 0 Å². The summed E-state index contributed by atoms with van der Waals surface area (Å²) in [6.07, 6.45) is 0. The summed E-state index contributed by atoms with van der Waals surface area (Å²) in [4.78, 5) is 46.0. The zero-order valence-corrected chi connectivity index (χ0v) is 12.3. The van der Waals surface area contributed by atoms with Crippen LogP contribution in [-0.2, 0) is 0 Å². The van der Waals surface area contributed by atoms with Crippen molar-refractivity contribution in [2.24, 2.45) is 0 Å². The van der Waals surface area contributed by atoms with Crippen LogP contribution in [0.5, 0.6) is 5.75 Å². The molecule has 0 saturated heterocycles. The van der Waals surface area contributed by atoms with Crippen LogP contribution in [0.1, 0.15) is 41.4 Å². The maximum absolute atomic E-state index is 11.6. The highest BCUT2D eigenvalue weighted by Gasteiger charge is 2.36. The van der Waals surface area contributed by atoms with Crippen LogP contribution in [0.25, 0.3) is 11.1 Å². The van der Waals surface area contributed by atoms with Crippen LogP contribution >= 0.6 is 0 Å². The zero-order chi connectivity index (χ0) is 18.9. The van der Waals surface area contributed by atoms with Gasteiger partial charge in [-0.3, -0.25) is 0 Å². The van der Waals surface area contributed by atoms with Crippen molar-refractivity contribution in [2.45, 2.75) is 0 Å². The number of aromatic carboxylic acids is 4. The molecule has 0 radical (unpaired) electrons. The zero-order valence-electron chi connectivity index (χ0n) is 12.3. The quantitative estimate of drug-likeness (QED) is 0.542. The molecule has 0 aliphatic rings. The number of carbonyl (C=O) groups is 4. The fourth-order valence-electron chi connectivity index (χ4n) is 2.47. The lowest BCUT2D eigenvalue weighted by Crippen LogP contribution is -2.21. The lowest BCUT2D eigenvalue weighted by atomic mass is 9.87. The Morgan fingerprint density at radius 3 is 1.40 bits per heavy atom. The number of benzene rings is 2. The molecule has 0 spiro atoms. The second-order valence-corrected chi connectivity index (χ2v) is 4.81. The number of rotatable bonds is 5. The maximum atomic E-state index is 11.6. The first-order valence-corrected chi connectivity index (χ1v) is 6.60. The molecule has 9 heteroatoms. The molecule has 0 aliphatic carbocycles. The van der Waals surface area contributed by atoms with E-state index in [9.17, 15) is 44.7 Å². The molecule has 0 saturated carbocycles. The smallest absolute Gasteiger partial charge is 0.340 e. The van der Waals surface area contributed by atoms with Crippen LogP contribution < -0.4 is 0 Å². The Morgan fingerprint density at radius 2 is 1.00 bits per heavy atom. The number of hydrogen-bond acceptors (Lipinski definition) is 5. The lowest BCUT2D eigenvalue weighted by molar-refractivity contribution is 0.0618. The predicted molar refractivity (Wildman–Crippen MR) is 81.4 cm³/mol. The van der Waals surface area contributed by atoms with Crippen LogP contribution in [0.15, 0.2) is 30.3 Å². The SMILES string of the molecule is O=C(O)c1c(O)c(-c2ccccc2)c(C(=O)O)c(C(=O)O)c1C(=O)O. The topological polar surface area (TPSA) is 169 Å². The molecular formula is C16H10O9.